The molecular weight excluding hydrogens is 258 g/mol. The van der Waals surface area contributed by atoms with E-state index < -0.39 is 6.10 Å². The Hall–Kier alpha value is -1.20. The summed E-state index contributed by atoms with van der Waals surface area (Å²) in [7, 11) is 1.75. The second kappa shape index (κ2) is 4.12. The first-order valence-electron chi connectivity index (χ1n) is 4.48. The fourth-order valence-corrected chi connectivity index (χ4v) is 1.97. The number of aliphatic hydroxyl groups excluding tert-OH is 1. The van der Waals surface area contributed by atoms with Gasteiger partial charge in [-0.25, -0.2) is 4.68 Å². The van der Waals surface area contributed by atoms with Gasteiger partial charge in [0.25, 0.3) is 0 Å². The summed E-state index contributed by atoms with van der Waals surface area (Å²) in [4.78, 5) is 0. The Morgan fingerprint density at radius 1 is 1.33 bits per heavy atom. The Bertz CT molecular complexity index is 435. The Labute approximate surface area is 95.7 Å². The summed E-state index contributed by atoms with van der Waals surface area (Å²) in [5, 5.41) is 17.8. The minimum Gasteiger partial charge on any atom is -0.382 e. The molecule has 1 unspecified atom stereocenters. The number of aliphatic hydroxyl groups is 1. The molecule has 0 saturated heterocycles. The third-order valence-electron chi connectivity index (χ3n) is 2.20. The predicted octanol–water partition coefficient (Wildman–Crippen LogP) is 1.66. The molecule has 1 atom stereocenters. The van der Waals surface area contributed by atoms with Crippen molar-refractivity contribution in [3.8, 4) is 0 Å². The maximum absolute atomic E-state index is 10.1. The molecule has 0 saturated carbocycles. The molecule has 1 N–H and O–H groups in total. The van der Waals surface area contributed by atoms with Gasteiger partial charge in [0.1, 0.15) is 11.8 Å². The van der Waals surface area contributed by atoms with E-state index in [4.69, 9.17) is 0 Å². The fourth-order valence-electron chi connectivity index (χ4n) is 1.42. The van der Waals surface area contributed by atoms with Crippen molar-refractivity contribution in [3.05, 3.63) is 46.2 Å². The molecule has 0 bridgehead atoms. The van der Waals surface area contributed by atoms with E-state index in [0.29, 0.717) is 10.3 Å². The van der Waals surface area contributed by atoms with Crippen LogP contribution >= 0.6 is 15.9 Å². The first-order valence-corrected chi connectivity index (χ1v) is 5.27. The third-order valence-corrected chi connectivity index (χ3v) is 2.77. The number of nitrogens with zero attached hydrogens (tertiary/aromatic N) is 3. The standard InChI is InChI=1S/C10H10BrN3O/c1-14-8(10(11)12-13-14)9(15)7-5-3-2-4-6-7/h2-6,9,15H,1H3. The summed E-state index contributed by atoms with van der Waals surface area (Å²) in [6.45, 7) is 0. The number of halogens is 1. The van der Waals surface area contributed by atoms with Gasteiger partial charge in [-0.15, -0.1) is 5.10 Å². The second-order valence-corrected chi connectivity index (χ2v) is 3.95. The monoisotopic (exact) mass is 267 g/mol. The minimum atomic E-state index is -0.708. The van der Waals surface area contributed by atoms with Gasteiger partial charge >= 0.3 is 0 Å². The summed E-state index contributed by atoms with van der Waals surface area (Å²) in [6, 6.07) is 9.41. The predicted molar refractivity (Wildman–Crippen MR) is 59.2 cm³/mol. The van der Waals surface area contributed by atoms with Crippen LogP contribution in [-0.4, -0.2) is 20.1 Å². The van der Waals surface area contributed by atoms with E-state index in [1.807, 2.05) is 30.3 Å². The van der Waals surface area contributed by atoms with Crippen LogP contribution in [-0.2, 0) is 7.05 Å². The van der Waals surface area contributed by atoms with Crippen LogP contribution in [0, 0.1) is 0 Å². The van der Waals surface area contributed by atoms with Crippen molar-refractivity contribution in [1.29, 1.82) is 0 Å². The molecule has 0 amide bonds. The van der Waals surface area contributed by atoms with Crippen LogP contribution in [0.2, 0.25) is 0 Å². The maximum Gasteiger partial charge on any atom is 0.154 e. The van der Waals surface area contributed by atoms with E-state index in [9.17, 15) is 5.11 Å². The first-order chi connectivity index (χ1) is 7.20. The molecule has 5 heteroatoms. The zero-order valence-electron chi connectivity index (χ0n) is 8.13. The molecule has 0 aliphatic rings. The molecule has 4 nitrogen and oxygen atoms in total. The largest absolute Gasteiger partial charge is 0.382 e. The van der Waals surface area contributed by atoms with Crippen molar-refractivity contribution >= 4 is 15.9 Å². The zero-order chi connectivity index (χ0) is 10.8. The van der Waals surface area contributed by atoms with Gasteiger partial charge in [-0.05, 0) is 21.5 Å². The lowest BCUT2D eigenvalue weighted by Crippen LogP contribution is -2.07. The molecule has 0 fully saturated rings. The summed E-state index contributed by atoms with van der Waals surface area (Å²) < 4.78 is 2.13. The van der Waals surface area contributed by atoms with Crippen molar-refractivity contribution in [3.63, 3.8) is 0 Å². The van der Waals surface area contributed by atoms with Gasteiger partial charge in [-0.3, -0.25) is 0 Å². The van der Waals surface area contributed by atoms with Crippen molar-refractivity contribution in [1.82, 2.24) is 15.0 Å². The Morgan fingerprint density at radius 2 is 2.00 bits per heavy atom. The number of hydrogen-bond donors (Lipinski definition) is 1. The molecule has 1 aromatic carbocycles. The molecule has 2 rings (SSSR count). The fraction of sp³-hybridized carbons (Fsp3) is 0.200. The highest BCUT2D eigenvalue weighted by atomic mass is 79.9. The molecule has 0 aliphatic carbocycles. The Balaban J connectivity index is 2.41. The van der Waals surface area contributed by atoms with E-state index >= 15 is 0 Å². The van der Waals surface area contributed by atoms with E-state index in [-0.39, 0.29) is 0 Å². The van der Waals surface area contributed by atoms with Gasteiger partial charge in [-0.1, -0.05) is 35.5 Å². The van der Waals surface area contributed by atoms with Gasteiger partial charge in [0, 0.05) is 7.05 Å². The first kappa shape index (κ1) is 10.3. The molecule has 0 spiro atoms. The smallest absolute Gasteiger partial charge is 0.154 e. The van der Waals surface area contributed by atoms with Crippen molar-refractivity contribution in [2.24, 2.45) is 7.05 Å². The average Bonchev–Trinajstić information content (AvgIpc) is 2.59. The molecule has 15 heavy (non-hydrogen) atoms. The molecule has 78 valence electrons. The number of hydrogen-bond acceptors (Lipinski definition) is 3. The highest BCUT2D eigenvalue weighted by molar-refractivity contribution is 9.10. The quantitative estimate of drug-likeness (QED) is 0.901. The van der Waals surface area contributed by atoms with Crippen LogP contribution in [0.5, 0.6) is 0 Å². The molecule has 0 aliphatic heterocycles. The number of aromatic nitrogens is 3. The summed E-state index contributed by atoms with van der Waals surface area (Å²) in [5.41, 5.74) is 1.48. The van der Waals surface area contributed by atoms with Gasteiger partial charge in [-0.2, -0.15) is 0 Å². The topological polar surface area (TPSA) is 50.9 Å². The lowest BCUT2D eigenvalue weighted by molar-refractivity contribution is 0.209. The zero-order valence-corrected chi connectivity index (χ0v) is 9.72. The summed E-state index contributed by atoms with van der Waals surface area (Å²) in [5.74, 6) is 0. The Kier molecular flexibility index (Phi) is 2.83. The van der Waals surface area contributed by atoms with E-state index in [2.05, 4.69) is 26.2 Å². The molecule has 2 aromatic rings. The van der Waals surface area contributed by atoms with Gasteiger partial charge in [0.05, 0.1) is 0 Å². The van der Waals surface area contributed by atoms with Crippen LogP contribution < -0.4 is 0 Å². The highest BCUT2D eigenvalue weighted by Gasteiger charge is 2.18. The molecule has 0 radical (unpaired) electrons. The minimum absolute atomic E-state index is 0.571. The average molecular weight is 268 g/mol. The SMILES string of the molecule is Cn1nnc(Br)c1C(O)c1ccccc1. The lowest BCUT2D eigenvalue weighted by Gasteiger charge is -2.10. The normalized spacial score (nSPS) is 12.7. The van der Waals surface area contributed by atoms with Crippen LogP contribution in [0.3, 0.4) is 0 Å². The van der Waals surface area contributed by atoms with Crippen LogP contribution in [0.15, 0.2) is 34.9 Å². The summed E-state index contributed by atoms with van der Waals surface area (Å²) >= 11 is 3.26. The van der Waals surface area contributed by atoms with E-state index in [1.165, 1.54) is 0 Å². The van der Waals surface area contributed by atoms with Gasteiger partial charge in [0.15, 0.2) is 4.60 Å². The lowest BCUT2D eigenvalue weighted by atomic mass is 10.1. The van der Waals surface area contributed by atoms with Crippen molar-refractivity contribution in [2.75, 3.05) is 0 Å². The maximum atomic E-state index is 10.1. The number of rotatable bonds is 2. The highest BCUT2D eigenvalue weighted by Crippen LogP contribution is 2.25. The van der Waals surface area contributed by atoms with Gasteiger partial charge in [0.2, 0.25) is 0 Å². The van der Waals surface area contributed by atoms with Crippen molar-refractivity contribution in [2.45, 2.75) is 6.10 Å². The van der Waals surface area contributed by atoms with Crippen molar-refractivity contribution < 1.29 is 5.11 Å². The summed E-state index contributed by atoms with van der Waals surface area (Å²) in [6.07, 6.45) is -0.708. The van der Waals surface area contributed by atoms with Gasteiger partial charge < -0.3 is 5.11 Å². The third kappa shape index (κ3) is 1.93. The molecule has 1 aromatic heterocycles. The number of benzene rings is 1. The van der Waals surface area contributed by atoms with Crippen LogP contribution in [0.4, 0.5) is 0 Å². The van der Waals surface area contributed by atoms with E-state index in [0.717, 1.165) is 5.56 Å². The van der Waals surface area contributed by atoms with Crippen LogP contribution in [0.25, 0.3) is 0 Å². The molecular formula is C10H10BrN3O. The van der Waals surface area contributed by atoms with Crippen LogP contribution in [0.1, 0.15) is 17.4 Å². The Morgan fingerprint density at radius 3 is 2.53 bits per heavy atom. The molecule has 1 heterocycles. The van der Waals surface area contributed by atoms with E-state index in [1.54, 1.807) is 11.7 Å². The second-order valence-electron chi connectivity index (χ2n) is 3.20. The number of aryl methyl sites for hydroxylation is 1.